The van der Waals surface area contributed by atoms with E-state index in [2.05, 4.69) is 232 Å². The van der Waals surface area contributed by atoms with Crippen molar-refractivity contribution in [3.05, 3.63) is 227 Å². The Morgan fingerprint density at radius 1 is 0.582 bits per heavy atom. The van der Waals surface area contributed by atoms with Crippen molar-refractivity contribution < 1.29 is 0 Å². The van der Waals surface area contributed by atoms with Crippen molar-refractivity contribution in [2.75, 3.05) is 4.90 Å². The highest BCUT2D eigenvalue weighted by molar-refractivity contribution is 6.16. The number of hydrogen-bond donors (Lipinski definition) is 0. The number of nitrogens with zero attached hydrogens (tertiary/aromatic N) is 3. The van der Waals surface area contributed by atoms with E-state index in [-0.39, 0.29) is 5.41 Å². The largest absolute Gasteiger partial charge is 0.342 e. The standard InChI is InChI=1S/C64H51N3/c1-6-41-20-7-10-24-46(41)61-40(2)19-15-33-58(61)67(59-34-18-31-52-50-26-13-14-32-57(50)66(5)63(52)59)60-38-56-62(51-27-12-11-25-49(51)60)53-36-35-43(37-55(53)64(56,3)4)45-28-17-30-48(54(45)39-65)47-29-16-22-42-21-8-9-23-44(42)47/h7-15,17-21,23-38H,6,16,22H2,1-5H3. The summed E-state index contributed by atoms with van der Waals surface area (Å²) in [4.78, 5) is 2.58. The summed E-state index contributed by atoms with van der Waals surface area (Å²) in [6, 6.07) is 67.5. The summed E-state index contributed by atoms with van der Waals surface area (Å²) in [6.45, 7) is 9.29. The molecule has 1 aromatic heterocycles. The van der Waals surface area contributed by atoms with Crippen molar-refractivity contribution in [1.82, 2.24) is 4.57 Å². The molecular weight excluding hydrogens is 811 g/mol. The predicted molar refractivity (Wildman–Crippen MR) is 282 cm³/mol. The lowest BCUT2D eigenvalue weighted by atomic mass is 9.80. The maximum Gasteiger partial charge on any atom is 0.100 e. The Labute approximate surface area is 393 Å². The maximum absolute atomic E-state index is 10.9. The third-order valence-electron chi connectivity index (χ3n) is 15.1. The molecule has 67 heavy (non-hydrogen) atoms. The van der Waals surface area contributed by atoms with E-state index in [0.29, 0.717) is 0 Å². The van der Waals surface area contributed by atoms with E-state index in [1.807, 2.05) is 0 Å². The molecule has 3 heteroatoms. The lowest BCUT2D eigenvalue weighted by Crippen LogP contribution is -2.18. The first-order valence-electron chi connectivity index (χ1n) is 23.8. The molecule has 0 unspecified atom stereocenters. The second kappa shape index (κ2) is 15.6. The van der Waals surface area contributed by atoms with Gasteiger partial charge in [0.25, 0.3) is 0 Å². The number of aromatic nitrogens is 1. The molecule has 0 aliphatic heterocycles. The van der Waals surface area contributed by atoms with Crippen LogP contribution < -0.4 is 4.90 Å². The van der Waals surface area contributed by atoms with E-state index in [4.69, 9.17) is 0 Å². The van der Waals surface area contributed by atoms with Crippen LogP contribution in [0.15, 0.2) is 182 Å². The van der Waals surface area contributed by atoms with Gasteiger partial charge in [-0.2, -0.15) is 5.26 Å². The van der Waals surface area contributed by atoms with Gasteiger partial charge in [0.2, 0.25) is 0 Å². The van der Waals surface area contributed by atoms with Crippen LogP contribution in [0.3, 0.4) is 0 Å². The van der Waals surface area contributed by atoms with Crippen LogP contribution in [0.5, 0.6) is 0 Å². The molecule has 0 spiro atoms. The molecule has 0 radical (unpaired) electrons. The van der Waals surface area contributed by atoms with E-state index in [1.54, 1.807) is 0 Å². The molecular formula is C64H51N3. The molecule has 0 atom stereocenters. The fourth-order valence-electron chi connectivity index (χ4n) is 11.8. The fraction of sp³-hybridized carbons (Fsp3) is 0.141. The fourth-order valence-corrected chi connectivity index (χ4v) is 11.8. The average Bonchev–Trinajstić information content (AvgIpc) is 3.79. The Bertz CT molecular complexity index is 3760. The summed E-state index contributed by atoms with van der Waals surface area (Å²) in [5.41, 5.74) is 23.2. The first-order chi connectivity index (χ1) is 32.8. The molecule has 12 rings (SSSR count). The van der Waals surface area contributed by atoms with E-state index in [0.717, 1.165) is 64.2 Å². The second-order valence-corrected chi connectivity index (χ2v) is 19.0. The highest BCUT2D eigenvalue weighted by Crippen LogP contribution is 2.57. The highest BCUT2D eigenvalue weighted by Gasteiger charge is 2.39. The van der Waals surface area contributed by atoms with Crippen molar-refractivity contribution in [2.24, 2.45) is 7.05 Å². The van der Waals surface area contributed by atoms with Crippen LogP contribution in [0.1, 0.15) is 71.7 Å². The summed E-state index contributed by atoms with van der Waals surface area (Å²) in [7, 11) is 2.21. The minimum Gasteiger partial charge on any atom is -0.342 e. The summed E-state index contributed by atoms with van der Waals surface area (Å²) in [5, 5.41) is 15.9. The van der Waals surface area contributed by atoms with Gasteiger partial charge in [0.1, 0.15) is 6.07 Å². The third-order valence-corrected chi connectivity index (χ3v) is 15.1. The van der Waals surface area contributed by atoms with Crippen LogP contribution in [0.2, 0.25) is 0 Å². The number of nitriles is 1. The normalized spacial score (nSPS) is 13.6. The summed E-state index contributed by atoms with van der Waals surface area (Å²) in [6.07, 6.45) is 5.24. The molecule has 0 bridgehead atoms. The van der Waals surface area contributed by atoms with Gasteiger partial charge in [-0.25, -0.2) is 0 Å². The topological polar surface area (TPSA) is 32.0 Å². The molecule has 2 aliphatic rings. The number of fused-ring (bicyclic) bond motifs is 9. The quantitative estimate of drug-likeness (QED) is 0.160. The van der Waals surface area contributed by atoms with Crippen molar-refractivity contribution in [1.29, 1.82) is 5.26 Å². The Kier molecular flexibility index (Phi) is 9.45. The molecule has 3 nitrogen and oxygen atoms in total. The van der Waals surface area contributed by atoms with Crippen LogP contribution in [0.25, 0.3) is 71.5 Å². The van der Waals surface area contributed by atoms with Gasteiger partial charge in [0.15, 0.2) is 0 Å². The number of anilines is 3. The number of allylic oxidation sites excluding steroid dienone is 1. The van der Waals surface area contributed by atoms with Gasteiger partial charge >= 0.3 is 0 Å². The van der Waals surface area contributed by atoms with Gasteiger partial charge in [0, 0.05) is 50.8 Å². The third kappa shape index (κ3) is 6.09. The smallest absolute Gasteiger partial charge is 0.100 e. The second-order valence-electron chi connectivity index (χ2n) is 19.0. The SMILES string of the molecule is CCc1ccccc1-c1c(C)cccc1N(c1cc2c(c3ccccc13)-c1ccc(-c3cccc(C4=CCCc5ccccc54)c3C#N)cc1C2(C)C)c1cccc2c3ccccc3n(C)c12. The summed E-state index contributed by atoms with van der Waals surface area (Å²) < 4.78 is 2.38. The number of rotatable bonds is 7. The van der Waals surface area contributed by atoms with Gasteiger partial charge in [0.05, 0.1) is 28.1 Å². The monoisotopic (exact) mass is 861 g/mol. The van der Waals surface area contributed by atoms with E-state index >= 15 is 0 Å². The molecule has 0 amide bonds. The molecule has 1 heterocycles. The highest BCUT2D eigenvalue weighted by atomic mass is 15.2. The van der Waals surface area contributed by atoms with Crippen molar-refractivity contribution in [3.8, 4) is 39.4 Å². The molecule has 0 N–H and O–H groups in total. The molecule has 9 aromatic carbocycles. The van der Waals surface area contributed by atoms with E-state index in [1.165, 1.54) is 88.2 Å². The van der Waals surface area contributed by atoms with Gasteiger partial charge in [-0.3, -0.25) is 0 Å². The Hall–Kier alpha value is -7.93. The zero-order valence-electron chi connectivity index (χ0n) is 38.8. The zero-order valence-corrected chi connectivity index (χ0v) is 38.8. The molecule has 0 fully saturated rings. The zero-order chi connectivity index (χ0) is 45.6. The van der Waals surface area contributed by atoms with Crippen molar-refractivity contribution >= 4 is 55.2 Å². The lowest BCUT2D eigenvalue weighted by molar-refractivity contribution is 0.661. The van der Waals surface area contributed by atoms with Crippen LogP contribution >= 0.6 is 0 Å². The van der Waals surface area contributed by atoms with Crippen molar-refractivity contribution in [2.45, 2.75) is 52.4 Å². The molecule has 0 saturated heterocycles. The Morgan fingerprint density at radius 2 is 1.25 bits per heavy atom. The number of para-hydroxylation sites is 2. The van der Waals surface area contributed by atoms with E-state index < -0.39 is 0 Å². The van der Waals surface area contributed by atoms with Gasteiger partial charge in [-0.1, -0.05) is 172 Å². The van der Waals surface area contributed by atoms with Crippen molar-refractivity contribution in [3.63, 3.8) is 0 Å². The van der Waals surface area contributed by atoms with Crippen LogP contribution in [-0.4, -0.2) is 4.57 Å². The predicted octanol–water partition coefficient (Wildman–Crippen LogP) is 16.7. The summed E-state index contributed by atoms with van der Waals surface area (Å²) >= 11 is 0. The minimum absolute atomic E-state index is 0.365. The number of benzene rings is 9. The van der Waals surface area contributed by atoms with Gasteiger partial charge in [-0.15, -0.1) is 0 Å². The van der Waals surface area contributed by atoms with Gasteiger partial charge in [-0.05, 0) is 123 Å². The summed E-state index contributed by atoms with van der Waals surface area (Å²) in [5.74, 6) is 0. The minimum atomic E-state index is -0.365. The number of hydrogen-bond acceptors (Lipinski definition) is 2. The number of aryl methyl sites for hydroxylation is 4. The molecule has 322 valence electrons. The van der Waals surface area contributed by atoms with Gasteiger partial charge < -0.3 is 9.47 Å². The lowest BCUT2D eigenvalue weighted by Gasteiger charge is -2.32. The van der Waals surface area contributed by atoms with E-state index in [9.17, 15) is 5.26 Å². The first-order valence-corrected chi connectivity index (χ1v) is 23.8. The van der Waals surface area contributed by atoms with Crippen LogP contribution in [-0.2, 0) is 25.3 Å². The molecule has 2 aliphatic carbocycles. The average molecular weight is 862 g/mol. The first kappa shape index (κ1) is 40.6. The molecule has 0 saturated carbocycles. The maximum atomic E-state index is 10.9. The Balaban J connectivity index is 1.10. The van der Waals surface area contributed by atoms with Crippen LogP contribution in [0, 0.1) is 18.3 Å². The molecule has 10 aromatic rings. The van der Waals surface area contributed by atoms with Crippen LogP contribution in [0.4, 0.5) is 17.1 Å². The Morgan fingerprint density at radius 3 is 2.09 bits per heavy atom.